The first-order chi connectivity index (χ1) is 26.4. The highest BCUT2D eigenvalue weighted by Crippen LogP contribution is 2.22. The molecule has 0 aliphatic carbocycles. The van der Waals surface area contributed by atoms with Crippen molar-refractivity contribution in [3.63, 3.8) is 0 Å². The molecule has 0 aromatic rings. The maximum atomic E-state index is 12.5. The third-order valence-electron chi connectivity index (χ3n) is 11.3. The number of aliphatic hydroxyl groups is 2. The Morgan fingerprint density at radius 2 is 0.870 bits per heavy atom. The minimum absolute atomic E-state index is 0.0330. The minimum atomic E-state index is -0.390. The van der Waals surface area contributed by atoms with Crippen LogP contribution in [0.3, 0.4) is 0 Å². The van der Waals surface area contributed by atoms with Gasteiger partial charge >= 0.3 is 11.9 Å². The van der Waals surface area contributed by atoms with Gasteiger partial charge < -0.3 is 24.6 Å². The second-order valence-electron chi connectivity index (χ2n) is 16.6. The second-order valence-corrected chi connectivity index (χ2v) is 16.6. The number of hydrogen-bond acceptors (Lipinski definition) is 7. The Kier molecular flexibility index (Phi) is 40.5. The van der Waals surface area contributed by atoms with E-state index in [0.717, 1.165) is 90.1 Å². The Morgan fingerprint density at radius 1 is 0.463 bits per heavy atom. The zero-order chi connectivity index (χ0) is 39.7. The molecule has 54 heavy (non-hydrogen) atoms. The summed E-state index contributed by atoms with van der Waals surface area (Å²) >= 11 is 0. The van der Waals surface area contributed by atoms with Gasteiger partial charge in [-0.05, 0) is 82.7 Å². The molecule has 2 N–H and O–H groups in total. The summed E-state index contributed by atoms with van der Waals surface area (Å²) in [7, 11) is 0. The maximum absolute atomic E-state index is 12.5. The third kappa shape index (κ3) is 36.5. The van der Waals surface area contributed by atoms with Crippen LogP contribution in [-0.4, -0.2) is 72.6 Å². The number of ether oxygens (including phenoxy) is 2. The number of aliphatic hydroxyl groups excluding tert-OH is 2. The molecule has 322 valence electrons. The molecule has 0 saturated heterocycles. The molecule has 0 heterocycles. The fraction of sp³-hybridized carbons (Fsp3) is 0.957. The lowest BCUT2D eigenvalue weighted by atomic mass is 9.92. The lowest BCUT2D eigenvalue weighted by Gasteiger charge is -2.25. The van der Waals surface area contributed by atoms with Crippen molar-refractivity contribution in [1.29, 1.82) is 0 Å². The molecule has 0 bridgehead atoms. The zero-order valence-electron chi connectivity index (χ0n) is 36.6. The largest absolute Gasteiger partial charge is 0.466 e. The van der Waals surface area contributed by atoms with Crippen molar-refractivity contribution < 1.29 is 29.3 Å². The number of hydrogen-bond donors (Lipinski definition) is 2. The zero-order valence-corrected chi connectivity index (χ0v) is 36.6. The van der Waals surface area contributed by atoms with Crippen molar-refractivity contribution in [3.05, 3.63) is 0 Å². The van der Waals surface area contributed by atoms with Crippen LogP contribution in [0.4, 0.5) is 0 Å². The van der Waals surface area contributed by atoms with E-state index in [1.807, 2.05) is 0 Å². The number of carbonyl (C=O) groups excluding carboxylic acids is 2. The molecular formula is C47H93NO6. The molecule has 0 saturated carbocycles. The smallest absolute Gasteiger partial charge is 0.305 e. The van der Waals surface area contributed by atoms with Crippen LogP contribution in [0.1, 0.15) is 233 Å². The summed E-state index contributed by atoms with van der Waals surface area (Å²) in [6.45, 7) is 13.0. The molecular weight excluding hydrogens is 675 g/mol. The fourth-order valence-electron chi connectivity index (χ4n) is 7.77. The van der Waals surface area contributed by atoms with Crippen molar-refractivity contribution in [2.45, 2.75) is 239 Å². The number of carbonyl (C=O) groups is 2. The van der Waals surface area contributed by atoms with Gasteiger partial charge in [-0.25, -0.2) is 0 Å². The molecule has 3 unspecified atom stereocenters. The van der Waals surface area contributed by atoms with Gasteiger partial charge in [0.25, 0.3) is 0 Å². The van der Waals surface area contributed by atoms with Crippen molar-refractivity contribution in [1.82, 2.24) is 4.90 Å². The summed E-state index contributed by atoms with van der Waals surface area (Å²) in [6.07, 6.45) is 34.8. The van der Waals surface area contributed by atoms with E-state index in [-0.39, 0.29) is 18.5 Å². The SMILES string of the molecule is CCCCCCCC(CCCCC)CCOC(=O)CCCCC(O)CN(CCCCCO)CCCCCCCCC(=O)OCCC(CCC)CCCCC. The van der Waals surface area contributed by atoms with Crippen molar-refractivity contribution >= 4 is 11.9 Å². The van der Waals surface area contributed by atoms with E-state index < -0.39 is 6.10 Å². The van der Waals surface area contributed by atoms with Crippen molar-refractivity contribution in [2.75, 3.05) is 39.5 Å². The number of nitrogens with zero attached hydrogens (tertiary/aromatic N) is 1. The molecule has 7 nitrogen and oxygen atoms in total. The van der Waals surface area contributed by atoms with Crippen LogP contribution in [0.15, 0.2) is 0 Å². The van der Waals surface area contributed by atoms with E-state index in [2.05, 4.69) is 32.6 Å². The molecule has 3 atom stereocenters. The summed E-state index contributed by atoms with van der Waals surface area (Å²) in [6, 6.07) is 0. The number of esters is 2. The average molecular weight is 768 g/mol. The van der Waals surface area contributed by atoms with Gasteiger partial charge in [-0.3, -0.25) is 9.59 Å². The van der Waals surface area contributed by atoms with Crippen LogP contribution in [0.2, 0.25) is 0 Å². The third-order valence-corrected chi connectivity index (χ3v) is 11.3. The first-order valence-electron chi connectivity index (χ1n) is 23.7. The van der Waals surface area contributed by atoms with Crippen LogP contribution >= 0.6 is 0 Å². The van der Waals surface area contributed by atoms with E-state index >= 15 is 0 Å². The van der Waals surface area contributed by atoms with E-state index in [9.17, 15) is 19.8 Å². The number of unbranched alkanes of at least 4 members (excludes halogenated alkanes) is 16. The van der Waals surface area contributed by atoms with Gasteiger partial charge in [0.1, 0.15) is 0 Å². The monoisotopic (exact) mass is 768 g/mol. The van der Waals surface area contributed by atoms with Crippen LogP contribution in [0, 0.1) is 11.8 Å². The second kappa shape index (κ2) is 41.5. The fourth-order valence-corrected chi connectivity index (χ4v) is 7.77. The van der Waals surface area contributed by atoms with Gasteiger partial charge in [-0.2, -0.15) is 0 Å². The van der Waals surface area contributed by atoms with Crippen LogP contribution in [-0.2, 0) is 19.1 Å². The predicted molar refractivity (Wildman–Crippen MR) is 229 cm³/mol. The molecule has 0 rings (SSSR count). The van der Waals surface area contributed by atoms with Gasteiger partial charge in [-0.15, -0.1) is 0 Å². The van der Waals surface area contributed by atoms with E-state index in [1.54, 1.807) is 0 Å². The highest BCUT2D eigenvalue weighted by Gasteiger charge is 2.14. The molecule has 7 heteroatoms. The Morgan fingerprint density at radius 3 is 1.41 bits per heavy atom. The molecule has 0 spiro atoms. The first-order valence-corrected chi connectivity index (χ1v) is 23.7. The topological polar surface area (TPSA) is 96.3 Å². The first kappa shape index (κ1) is 52.8. The summed E-state index contributed by atoms with van der Waals surface area (Å²) in [5.74, 6) is 1.25. The molecule has 0 aromatic heterocycles. The normalized spacial score (nSPS) is 13.3. The van der Waals surface area contributed by atoms with Gasteiger partial charge in [0.05, 0.1) is 19.3 Å². The lowest BCUT2D eigenvalue weighted by molar-refractivity contribution is -0.145. The number of rotatable bonds is 43. The molecule has 0 amide bonds. The minimum Gasteiger partial charge on any atom is -0.466 e. The summed E-state index contributed by atoms with van der Waals surface area (Å²) < 4.78 is 11.2. The van der Waals surface area contributed by atoms with Crippen molar-refractivity contribution in [3.8, 4) is 0 Å². The van der Waals surface area contributed by atoms with Crippen LogP contribution in [0.5, 0.6) is 0 Å². The molecule has 0 fully saturated rings. The van der Waals surface area contributed by atoms with Crippen molar-refractivity contribution in [2.24, 2.45) is 11.8 Å². The Balaban J connectivity index is 4.23. The van der Waals surface area contributed by atoms with Gasteiger partial charge in [0.2, 0.25) is 0 Å². The maximum Gasteiger partial charge on any atom is 0.305 e. The van der Waals surface area contributed by atoms with Gasteiger partial charge in [-0.1, -0.05) is 163 Å². The highest BCUT2D eigenvalue weighted by atomic mass is 16.5. The lowest BCUT2D eigenvalue weighted by Crippen LogP contribution is -2.34. The summed E-state index contributed by atoms with van der Waals surface area (Å²) in [5.41, 5.74) is 0. The molecule has 0 aromatic carbocycles. The predicted octanol–water partition coefficient (Wildman–Crippen LogP) is 12.5. The Labute approximate surface area is 335 Å². The summed E-state index contributed by atoms with van der Waals surface area (Å²) in [4.78, 5) is 27.1. The Hall–Kier alpha value is -1.18. The van der Waals surface area contributed by atoms with Gasteiger partial charge in [0, 0.05) is 26.0 Å². The Bertz CT molecular complexity index is 794. The van der Waals surface area contributed by atoms with Crippen LogP contribution < -0.4 is 0 Å². The van der Waals surface area contributed by atoms with E-state index in [4.69, 9.17) is 9.47 Å². The van der Waals surface area contributed by atoms with Gasteiger partial charge in [0.15, 0.2) is 0 Å². The summed E-state index contributed by atoms with van der Waals surface area (Å²) in [5, 5.41) is 20.0. The average Bonchev–Trinajstić information content (AvgIpc) is 3.15. The quantitative estimate of drug-likeness (QED) is 0.0471. The molecule has 0 aliphatic rings. The van der Waals surface area contributed by atoms with E-state index in [0.29, 0.717) is 50.9 Å². The highest BCUT2D eigenvalue weighted by molar-refractivity contribution is 5.69. The van der Waals surface area contributed by atoms with E-state index in [1.165, 1.54) is 109 Å². The molecule has 0 aliphatic heterocycles. The molecule has 0 radical (unpaired) electrons. The standard InChI is InChI=1S/C47H93NO6/c1-5-9-12-15-21-31-44(30-20-11-7-3)36-41-54-47(52)34-24-23-32-45(50)42-48(38-26-18-27-39-49)37-25-17-14-13-16-22-33-46(51)53-40-35-43(28-8-4)29-19-10-6-2/h43-45,49-50H,5-42H2,1-4H3. The van der Waals surface area contributed by atoms with Crippen LogP contribution in [0.25, 0.3) is 0 Å².